The molecule has 1 aromatic heterocycles. The van der Waals surface area contributed by atoms with Gasteiger partial charge in [0.25, 0.3) is 0 Å². The number of aromatic nitrogens is 2. The summed E-state index contributed by atoms with van der Waals surface area (Å²) in [5.74, 6) is 0.645. The van der Waals surface area contributed by atoms with Gasteiger partial charge in [-0.25, -0.2) is 9.37 Å². The van der Waals surface area contributed by atoms with Crippen LogP contribution in [0.2, 0.25) is 0 Å². The number of anilines is 1. The molecule has 70 valence electrons. The summed E-state index contributed by atoms with van der Waals surface area (Å²) in [6.45, 7) is 0.353. The molecule has 0 amide bonds. The number of alkyl halides is 1. The van der Waals surface area contributed by atoms with E-state index in [1.165, 1.54) is 0 Å². The van der Waals surface area contributed by atoms with Crippen molar-refractivity contribution in [2.75, 3.05) is 11.9 Å². The molecule has 1 aliphatic rings. The Hall–Kier alpha value is -1.19. The zero-order valence-corrected chi connectivity index (χ0v) is 7.33. The minimum absolute atomic E-state index is 0.353. The standard InChI is InChI=1S/C9H12FN3/c10-9(2-1-3-9)7-13-8-6-11-4-5-12-8/h4-6H,1-3,7H2,(H,12,13). The fraction of sp³-hybridized carbons (Fsp3) is 0.556. The van der Waals surface area contributed by atoms with Gasteiger partial charge in [-0.1, -0.05) is 0 Å². The molecule has 0 unspecified atom stereocenters. The third-order valence-electron chi connectivity index (χ3n) is 2.40. The van der Waals surface area contributed by atoms with Crippen LogP contribution in [0.5, 0.6) is 0 Å². The summed E-state index contributed by atoms with van der Waals surface area (Å²) >= 11 is 0. The third kappa shape index (κ3) is 1.94. The van der Waals surface area contributed by atoms with E-state index in [9.17, 15) is 4.39 Å². The van der Waals surface area contributed by atoms with Crippen molar-refractivity contribution >= 4 is 5.82 Å². The molecular formula is C9H12FN3. The van der Waals surface area contributed by atoms with E-state index in [4.69, 9.17) is 0 Å². The lowest BCUT2D eigenvalue weighted by Gasteiger charge is -2.33. The maximum absolute atomic E-state index is 13.5. The van der Waals surface area contributed by atoms with E-state index < -0.39 is 5.67 Å². The zero-order chi connectivity index (χ0) is 9.15. The van der Waals surface area contributed by atoms with E-state index >= 15 is 0 Å². The number of hydrogen-bond acceptors (Lipinski definition) is 3. The monoisotopic (exact) mass is 181 g/mol. The Bertz CT molecular complexity index is 271. The van der Waals surface area contributed by atoms with Crippen LogP contribution >= 0.6 is 0 Å². The van der Waals surface area contributed by atoms with E-state index in [0.717, 1.165) is 6.42 Å². The molecule has 4 heteroatoms. The number of nitrogens with zero attached hydrogens (tertiary/aromatic N) is 2. The van der Waals surface area contributed by atoms with Gasteiger partial charge in [0, 0.05) is 12.4 Å². The summed E-state index contributed by atoms with van der Waals surface area (Å²) in [5, 5.41) is 2.94. The second-order valence-electron chi connectivity index (χ2n) is 3.45. The molecule has 1 saturated carbocycles. The first-order chi connectivity index (χ1) is 6.29. The molecule has 0 radical (unpaired) electrons. The van der Waals surface area contributed by atoms with Crippen LogP contribution in [0, 0.1) is 0 Å². The van der Waals surface area contributed by atoms with Crippen molar-refractivity contribution in [2.45, 2.75) is 24.9 Å². The molecule has 0 aromatic carbocycles. The second kappa shape index (κ2) is 3.28. The van der Waals surface area contributed by atoms with Gasteiger partial charge >= 0.3 is 0 Å². The highest BCUT2D eigenvalue weighted by Crippen LogP contribution is 2.35. The minimum Gasteiger partial charge on any atom is -0.366 e. The molecule has 2 rings (SSSR count). The molecule has 0 saturated heterocycles. The van der Waals surface area contributed by atoms with Gasteiger partial charge in [0.1, 0.15) is 11.5 Å². The number of halogens is 1. The Morgan fingerprint density at radius 2 is 2.31 bits per heavy atom. The SMILES string of the molecule is FC1(CNc2cnccn2)CCC1. The highest BCUT2D eigenvalue weighted by molar-refractivity contribution is 5.30. The fourth-order valence-corrected chi connectivity index (χ4v) is 1.38. The van der Waals surface area contributed by atoms with Crippen LogP contribution in [0.15, 0.2) is 18.6 Å². The lowest BCUT2D eigenvalue weighted by atomic mass is 9.82. The largest absolute Gasteiger partial charge is 0.366 e. The third-order valence-corrected chi connectivity index (χ3v) is 2.40. The van der Waals surface area contributed by atoms with Gasteiger partial charge < -0.3 is 5.32 Å². The molecule has 0 aliphatic heterocycles. The maximum Gasteiger partial charge on any atom is 0.144 e. The van der Waals surface area contributed by atoms with Crippen molar-refractivity contribution in [1.29, 1.82) is 0 Å². The van der Waals surface area contributed by atoms with Gasteiger partial charge in [-0.2, -0.15) is 0 Å². The van der Waals surface area contributed by atoms with Crippen LogP contribution in [-0.2, 0) is 0 Å². The van der Waals surface area contributed by atoms with Crippen molar-refractivity contribution < 1.29 is 4.39 Å². The number of hydrogen-bond donors (Lipinski definition) is 1. The predicted octanol–water partition coefficient (Wildman–Crippen LogP) is 1.78. The zero-order valence-electron chi connectivity index (χ0n) is 7.33. The molecule has 3 nitrogen and oxygen atoms in total. The highest BCUT2D eigenvalue weighted by Gasteiger charge is 2.36. The summed E-state index contributed by atoms with van der Waals surface area (Å²) in [4.78, 5) is 7.88. The van der Waals surface area contributed by atoms with E-state index in [0.29, 0.717) is 25.2 Å². The van der Waals surface area contributed by atoms with Crippen molar-refractivity contribution in [1.82, 2.24) is 9.97 Å². The van der Waals surface area contributed by atoms with Gasteiger partial charge in [-0.05, 0) is 19.3 Å². The summed E-state index contributed by atoms with van der Waals surface area (Å²) in [6.07, 6.45) is 7.12. The van der Waals surface area contributed by atoms with Crippen molar-refractivity contribution in [2.24, 2.45) is 0 Å². The predicted molar refractivity (Wildman–Crippen MR) is 48.2 cm³/mol. The van der Waals surface area contributed by atoms with Crippen LogP contribution in [0.25, 0.3) is 0 Å². The first-order valence-electron chi connectivity index (χ1n) is 4.47. The highest BCUT2D eigenvalue weighted by atomic mass is 19.1. The number of rotatable bonds is 3. The van der Waals surface area contributed by atoms with Crippen LogP contribution < -0.4 is 5.32 Å². The van der Waals surface area contributed by atoms with Crippen LogP contribution in [-0.4, -0.2) is 22.2 Å². The second-order valence-corrected chi connectivity index (χ2v) is 3.45. The van der Waals surface area contributed by atoms with Gasteiger partial charge in [0.15, 0.2) is 0 Å². The van der Waals surface area contributed by atoms with Gasteiger partial charge in [0.05, 0.1) is 12.7 Å². The average molecular weight is 181 g/mol. The molecule has 0 spiro atoms. The Balaban J connectivity index is 1.86. The first-order valence-corrected chi connectivity index (χ1v) is 4.47. The molecule has 13 heavy (non-hydrogen) atoms. The molecule has 1 aromatic rings. The summed E-state index contributed by atoms with van der Waals surface area (Å²) in [6, 6.07) is 0. The summed E-state index contributed by atoms with van der Waals surface area (Å²) < 4.78 is 13.5. The summed E-state index contributed by atoms with van der Waals surface area (Å²) in [7, 11) is 0. The Morgan fingerprint density at radius 3 is 2.85 bits per heavy atom. The average Bonchev–Trinajstić information content (AvgIpc) is 2.13. The topological polar surface area (TPSA) is 37.8 Å². The minimum atomic E-state index is -1.00. The quantitative estimate of drug-likeness (QED) is 0.772. The van der Waals surface area contributed by atoms with Crippen LogP contribution in [0.4, 0.5) is 10.2 Å². The summed E-state index contributed by atoms with van der Waals surface area (Å²) in [5.41, 5.74) is -1.00. The van der Waals surface area contributed by atoms with E-state index in [1.54, 1.807) is 18.6 Å². The normalized spacial score (nSPS) is 19.2. The molecule has 1 aliphatic carbocycles. The molecule has 1 fully saturated rings. The molecular weight excluding hydrogens is 169 g/mol. The molecule has 1 heterocycles. The Labute approximate surface area is 76.4 Å². The molecule has 0 atom stereocenters. The lowest BCUT2D eigenvalue weighted by Crippen LogP contribution is -2.39. The Kier molecular flexibility index (Phi) is 2.12. The van der Waals surface area contributed by atoms with Crippen molar-refractivity contribution in [3.05, 3.63) is 18.6 Å². The van der Waals surface area contributed by atoms with E-state index in [-0.39, 0.29) is 0 Å². The van der Waals surface area contributed by atoms with Gasteiger partial charge in [-0.3, -0.25) is 4.98 Å². The van der Waals surface area contributed by atoms with Crippen molar-refractivity contribution in [3.8, 4) is 0 Å². The lowest BCUT2D eigenvalue weighted by molar-refractivity contribution is 0.0783. The number of nitrogens with one attached hydrogen (secondary N) is 1. The van der Waals surface area contributed by atoms with Crippen LogP contribution in [0.3, 0.4) is 0 Å². The molecule has 0 bridgehead atoms. The molecule has 1 N–H and O–H groups in total. The van der Waals surface area contributed by atoms with Crippen molar-refractivity contribution in [3.63, 3.8) is 0 Å². The first kappa shape index (κ1) is 8.41. The van der Waals surface area contributed by atoms with E-state index in [2.05, 4.69) is 15.3 Å². The van der Waals surface area contributed by atoms with E-state index in [1.807, 2.05) is 0 Å². The maximum atomic E-state index is 13.5. The van der Waals surface area contributed by atoms with Gasteiger partial charge in [-0.15, -0.1) is 0 Å². The smallest absolute Gasteiger partial charge is 0.144 e. The van der Waals surface area contributed by atoms with Crippen LogP contribution in [0.1, 0.15) is 19.3 Å². The fourth-order valence-electron chi connectivity index (χ4n) is 1.38. The Morgan fingerprint density at radius 1 is 1.46 bits per heavy atom. The van der Waals surface area contributed by atoms with Gasteiger partial charge in [0.2, 0.25) is 0 Å².